The van der Waals surface area contributed by atoms with Gasteiger partial charge in [0.05, 0.1) is 5.56 Å². The first-order valence-corrected chi connectivity index (χ1v) is 6.59. The second kappa shape index (κ2) is 6.02. The molecule has 0 aliphatic heterocycles. The Balaban J connectivity index is 2.68. The topological polar surface area (TPSA) is 49.3 Å². The van der Waals surface area contributed by atoms with Gasteiger partial charge < -0.3 is 10.4 Å². The predicted octanol–water partition coefficient (Wildman–Crippen LogP) is 2.25. The van der Waals surface area contributed by atoms with Crippen LogP contribution in [-0.2, 0) is 0 Å². The lowest BCUT2D eigenvalue weighted by Crippen LogP contribution is -2.25. The molecular weight excluding hydrogens is 278 g/mol. The summed E-state index contributed by atoms with van der Waals surface area (Å²) >= 11 is 4.91. The monoisotopic (exact) mass is 289 g/mol. The van der Waals surface area contributed by atoms with E-state index in [1.807, 2.05) is 6.26 Å². The molecule has 5 heteroatoms. The smallest absolute Gasteiger partial charge is 0.255 e. The van der Waals surface area contributed by atoms with Crippen LogP contribution in [0.1, 0.15) is 10.4 Å². The molecule has 15 heavy (non-hydrogen) atoms. The van der Waals surface area contributed by atoms with Crippen LogP contribution in [-0.4, -0.2) is 29.6 Å². The van der Waals surface area contributed by atoms with Gasteiger partial charge in [-0.3, -0.25) is 4.79 Å². The molecule has 1 aromatic rings. The molecule has 2 N–H and O–H groups in total. The van der Waals surface area contributed by atoms with Gasteiger partial charge in [-0.05, 0) is 24.5 Å². The molecule has 0 bridgehead atoms. The average molecular weight is 290 g/mol. The summed E-state index contributed by atoms with van der Waals surface area (Å²) in [5.74, 6) is 0.614. The van der Waals surface area contributed by atoms with Gasteiger partial charge in [-0.15, -0.1) is 0 Å². The van der Waals surface area contributed by atoms with Crippen LogP contribution in [0.25, 0.3) is 0 Å². The van der Waals surface area contributed by atoms with Gasteiger partial charge in [-0.1, -0.05) is 15.9 Å². The minimum Gasteiger partial charge on any atom is -0.507 e. The van der Waals surface area contributed by atoms with Crippen LogP contribution in [0, 0.1) is 0 Å². The fraction of sp³-hybridized carbons (Fsp3) is 0.300. The lowest BCUT2D eigenvalue weighted by atomic mass is 10.2. The molecule has 0 aliphatic rings. The molecule has 1 rings (SSSR count). The Morgan fingerprint density at radius 2 is 2.33 bits per heavy atom. The highest BCUT2D eigenvalue weighted by molar-refractivity contribution is 9.10. The quantitative estimate of drug-likeness (QED) is 0.836. The molecule has 0 fully saturated rings. The maximum atomic E-state index is 11.6. The van der Waals surface area contributed by atoms with Gasteiger partial charge in [0, 0.05) is 16.8 Å². The SMILES string of the molecule is CSCCNC(=O)c1cc(Br)ccc1O. The van der Waals surface area contributed by atoms with Crippen molar-refractivity contribution in [2.45, 2.75) is 0 Å². The molecule has 0 atom stereocenters. The molecule has 0 aromatic heterocycles. The highest BCUT2D eigenvalue weighted by atomic mass is 79.9. The Hall–Kier alpha value is -0.680. The Morgan fingerprint density at radius 3 is 3.00 bits per heavy atom. The number of hydrogen-bond donors (Lipinski definition) is 2. The Kier molecular flexibility index (Phi) is 4.98. The molecule has 0 aliphatic carbocycles. The number of phenols is 1. The molecular formula is C10H12BrNO2S. The third kappa shape index (κ3) is 3.76. The van der Waals surface area contributed by atoms with Crippen molar-refractivity contribution in [1.29, 1.82) is 0 Å². The zero-order chi connectivity index (χ0) is 11.3. The molecule has 1 amide bonds. The van der Waals surface area contributed by atoms with Gasteiger partial charge in [0.1, 0.15) is 5.75 Å². The van der Waals surface area contributed by atoms with Gasteiger partial charge in [-0.2, -0.15) is 11.8 Å². The number of rotatable bonds is 4. The standard InChI is InChI=1S/C10H12BrNO2S/c1-15-5-4-12-10(14)8-6-7(11)2-3-9(8)13/h2-3,6,13H,4-5H2,1H3,(H,12,14). The van der Waals surface area contributed by atoms with Crippen molar-refractivity contribution in [2.75, 3.05) is 18.6 Å². The molecule has 1 aromatic carbocycles. The first-order chi connectivity index (χ1) is 7.15. The van der Waals surface area contributed by atoms with Crippen LogP contribution in [0.3, 0.4) is 0 Å². The number of aromatic hydroxyl groups is 1. The Labute approximate surface area is 101 Å². The first-order valence-electron chi connectivity index (χ1n) is 4.41. The highest BCUT2D eigenvalue weighted by Crippen LogP contribution is 2.21. The van der Waals surface area contributed by atoms with Crippen molar-refractivity contribution in [2.24, 2.45) is 0 Å². The number of benzene rings is 1. The fourth-order valence-corrected chi connectivity index (χ4v) is 1.72. The second-order valence-electron chi connectivity index (χ2n) is 2.91. The van der Waals surface area contributed by atoms with Crippen LogP contribution >= 0.6 is 27.7 Å². The lowest BCUT2D eigenvalue weighted by molar-refractivity contribution is 0.0953. The third-order valence-corrected chi connectivity index (χ3v) is 2.90. The number of carbonyl (C=O) groups excluding carboxylic acids is 1. The van der Waals surface area contributed by atoms with Crippen molar-refractivity contribution in [3.63, 3.8) is 0 Å². The number of amides is 1. The molecule has 0 spiro atoms. The van der Waals surface area contributed by atoms with Crippen molar-refractivity contribution < 1.29 is 9.90 Å². The highest BCUT2D eigenvalue weighted by Gasteiger charge is 2.10. The number of nitrogens with one attached hydrogen (secondary N) is 1. The number of thioether (sulfide) groups is 1. The van der Waals surface area contributed by atoms with E-state index >= 15 is 0 Å². The largest absolute Gasteiger partial charge is 0.507 e. The first kappa shape index (κ1) is 12.4. The number of carbonyl (C=O) groups is 1. The summed E-state index contributed by atoms with van der Waals surface area (Å²) in [6.07, 6.45) is 1.97. The summed E-state index contributed by atoms with van der Waals surface area (Å²) in [6, 6.07) is 4.78. The maximum Gasteiger partial charge on any atom is 0.255 e. The Morgan fingerprint density at radius 1 is 1.60 bits per heavy atom. The summed E-state index contributed by atoms with van der Waals surface area (Å²) in [5.41, 5.74) is 0.297. The summed E-state index contributed by atoms with van der Waals surface area (Å²) in [4.78, 5) is 11.6. The second-order valence-corrected chi connectivity index (χ2v) is 4.81. The van der Waals surface area contributed by atoms with E-state index in [0.29, 0.717) is 12.1 Å². The van der Waals surface area contributed by atoms with E-state index in [4.69, 9.17) is 0 Å². The van der Waals surface area contributed by atoms with Gasteiger partial charge in [0.15, 0.2) is 0 Å². The van der Waals surface area contributed by atoms with Crippen molar-refractivity contribution in [1.82, 2.24) is 5.32 Å². The van der Waals surface area contributed by atoms with E-state index in [9.17, 15) is 9.90 Å². The van der Waals surface area contributed by atoms with Gasteiger partial charge in [-0.25, -0.2) is 0 Å². The zero-order valence-corrected chi connectivity index (χ0v) is 10.7. The summed E-state index contributed by atoms with van der Waals surface area (Å²) < 4.78 is 0.773. The van der Waals surface area contributed by atoms with Crippen LogP contribution in [0.5, 0.6) is 5.75 Å². The zero-order valence-electron chi connectivity index (χ0n) is 8.29. The van der Waals surface area contributed by atoms with Crippen LogP contribution in [0.4, 0.5) is 0 Å². The lowest BCUT2D eigenvalue weighted by Gasteiger charge is -2.06. The van der Waals surface area contributed by atoms with Gasteiger partial charge >= 0.3 is 0 Å². The fourth-order valence-electron chi connectivity index (χ4n) is 1.05. The molecule has 0 radical (unpaired) electrons. The molecule has 82 valence electrons. The van der Waals surface area contributed by atoms with Crippen LogP contribution in [0.2, 0.25) is 0 Å². The van der Waals surface area contributed by atoms with Crippen molar-refractivity contribution in [3.8, 4) is 5.75 Å². The summed E-state index contributed by atoms with van der Waals surface area (Å²) in [7, 11) is 0. The number of hydrogen-bond acceptors (Lipinski definition) is 3. The minimum atomic E-state index is -0.247. The number of phenolic OH excluding ortho intramolecular Hbond substituents is 1. The number of halogens is 1. The molecule has 0 saturated carbocycles. The molecule has 0 heterocycles. The van der Waals surface area contributed by atoms with Gasteiger partial charge in [0.2, 0.25) is 0 Å². The van der Waals surface area contributed by atoms with E-state index < -0.39 is 0 Å². The van der Waals surface area contributed by atoms with Crippen LogP contribution < -0.4 is 5.32 Å². The van der Waals surface area contributed by atoms with E-state index in [2.05, 4.69) is 21.2 Å². The van der Waals surface area contributed by atoms with E-state index in [-0.39, 0.29) is 11.7 Å². The normalized spacial score (nSPS) is 10.0. The molecule has 0 unspecified atom stereocenters. The predicted molar refractivity (Wildman–Crippen MR) is 66.5 cm³/mol. The third-order valence-electron chi connectivity index (χ3n) is 1.79. The van der Waals surface area contributed by atoms with Gasteiger partial charge in [0.25, 0.3) is 5.91 Å². The Bertz CT molecular complexity index is 357. The molecule has 3 nitrogen and oxygen atoms in total. The maximum absolute atomic E-state index is 11.6. The van der Waals surface area contributed by atoms with E-state index in [0.717, 1.165) is 10.2 Å². The minimum absolute atomic E-state index is 0.000137. The summed E-state index contributed by atoms with van der Waals surface area (Å²) in [6.45, 7) is 0.603. The molecule has 0 saturated heterocycles. The van der Waals surface area contributed by atoms with Crippen LogP contribution in [0.15, 0.2) is 22.7 Å². The summed E-state index contributed by atoms with van der Waals surface area (Å²) in [5, 5.41) is 12.2. The van der Waals surface area contributed by atoms with Crippen molar-refractivity contribution in [3.05, 3.63) is 28.2 Å². The van der Waals surface area contributed by atoms with E-state index in [1.54, 1.807) is 23.9 Å². The average Bonchev–Trinajstić information content (AvgIpc) is 2.22. The van der Waals surface area contributed by atoms with E-state index in [1.165, 1.54) is 6.07 Å². The van der Waals surface area contributed by atoms with Crippen molar-refractivity contribution >= 4 is 33.6 Å².